The van der Waals surface area contributed by atoms with Gasteiger partial charge in [0.2, 0.25) is 10.7 Å². The fraction of sp³-hybridized carbons (Fsp3) is 0.700. The number of anilines is 1. The van der Waals surface area contributed by atoms with Crippen LogP contribution < -0.4 is 56.7 Å². The van der Waals surface area contributed by atoms with Gasteiger partial charge in [-0.1, -0.05) is 6.92 Å². The molecule has 21 heavy (non-hydrogen) atoms. The summed E-state index contributed by atoms with van der Waals surface area (Å²) >= 11 is 9.95. The van der Waals surface area contributed by atoms with Gasteiger partial charge >= 0.3 is 60.2 Å². The Kier molecular flexibility index (Phi) is 11.2. The van der Waals surface area contributed by atoms with Gasteiger partial charge in [0.1, 0.15) is 0 Å². The van der Waals surface area contributed by atoms with Crippen LogP contribution in [0.4, 0.5) is 5.95 Å². The van der Waals surface area contributed by atoms with Crippen LogP contribution in [-0.4, -0.2) is 51.6 Å². The number of aromatic nitrogens is 3. The first-order valence-electron chi connectivity index (χ1n) is 6.07. The van der Waals surface area contributed by atoms with Gasteiger partial charge < -0.3 is 30.0 Å². The molecule has 0 saturated carbocycles. The Morgan fingerprint density at radius 1 is 1.24 bits per heavy atom. The van der Waals surface area contributed by atoms with Crippen molar-refractivity contribution in [2.24, 2.45) is 0 Å². The fourth-order valence-electron chi connectivity index (χ4n) is 1.91. The van der Waals surface area contributed by atoms with E-state index in [-0.39, 0.29) is 58.4 Å². The SMILES string of the molecule is CO[Si](OC)(OC)C(C)CCNc1nc(=S)[nH]c(=S)[nH]1.[H-].[K+]. The summed E-state index contributed by atoms with van der Waals surface area (Å²) in [4.78, 5) is 9.72. The maximum atomic E-state index is 5.44. The van der Waals surface area contributed by atoms with Crippen molar-refractivity contribution < 1.29 is 66.1 Å². The number of rotatable bonds is 8. The summed E-state index contributed by atoms with van der Waals surface area (Å²) in [6, 6.07) is 0. The van der Waals surface area contributed by atoms with Crippen LogP contribution in [-0.2, 0) is 13.3 Å². The second kappa shape index (κ2) is 10.7. The summed E-state index contributed by atoms with van der Waals surface area (Å²) in [5.74, 6) is 0.547. The van der Waals surface area contributed by atoms with Gasteiger partial charge in [0.15, 0.2) is 4.77 Å². The molecule has 0 radical (unpaired) electrons. The topological polar surface area (TPSA) is 84.2 Å². The van der Waals surface area contributed by atoms with Gasteiger partial charge in [-0.05, 0) is 30.9 Å². The van der Waals surface area contributed by atoms with Crippen molar-refractivity contribution >= 4 is 39.2 Å². The van der Waals surface area contributed by atoms with Crippen molar-refractivity contribution in [1.29, 1.82) is 0 Å². The molecule has 0 aromatic carbocycles. The smallest absolute Gasteiger partial charge is 1.00 e. The van der Waals surface area contributed by atoms with Crippen molar-refractivity contribution in [2.45, 2.75) is 18.9 Å². The van der Waals surface area contributed by atoms with E-state index in [9.17, 15) is 0 Å². The monoisotopic (exact) mass is 376 g/mol. The van der Waals surface area contributed by atoms with Gasteiger partial charge in [-0.2, -0.15) is 4.98 Å². The second-order valence-electron chi connectivity index (χ2n) is 4.18. The minimum absolute atomic E-state index is 0. The molecule has 0 bridgehead atoms. The van der Waals surface area contributed by atoms with Gasteiger partial charge in [-0.25, -0.2) is 0 Å². The number of H-pyrrole nitrogens is 2. The van der Waals surface area contributed by atoms with E-state index in [1.54, 1.807) is 21.3 Å². The molecule has 0 fully saturated rings. The van der Waals surface area contributed by atoms with Crippen LogP contribution in [0.15, 0.2) is 0 Å². The van der Waals surface area contributed by atoms with Crippen LogP contribution in [0.2, 0.25) is 5.54 Å². The summed E-state index contributed by atoms with van der Waals surface area (Å²) in [7, 11) is 2.23. The molecule has 11 heteroatoms. The molecule has 0 aliphatic heterocycles. The molecule has 7 nitrogen and oxygen atoms in total. The fourth-order valence-corrected chi connectivity index (χ4v) is 4.57. The first-order chi connectivity index (χ1) is 9.47. The zero-order chi connectivity index (χ0) is 15.2. The zero-order valence-corrected chi connectivity index (χ0v) is 18.7. The van der Waals surface area contributed by atoms with Crippen molar-refractivity contribution in [1.82, 2.24) is 15.0 Å². The molecular formula is C10H21KN4O3S2Si. The number of hydrogen-bond donors (Lipinski definition) is 3. The third-order valence-corrected chi connectivity index (χ3v) is 6.59. The third-order valence-electron chi connectivity index (χ3n) is 2.99. The maximum absolute atomic E-state index is 5.44. The molecular weight excluding hydrogens is 355 g/mol. The Morgan fingerprint density at radius 3 is 2.29 bits per heavy atom. The van der Waals surface area contributed by atoms with Crippen molar-refractivity contribution in [2.75, 3.05) is 33.2 Å². The summed E-state index contributed by atoms with van der Waals surface area (Å²) < 4.78 is 17.1. The third kappa shape index (κ3) is 6.55. The average molecular weight is 377 g/mol. The Labute approximate surface area is 179 Å². The zero-order valence-electron chi connectivity index (χ0n) is 14.0. The van der Waals surface area contributed by atoms with Gasteiger partial charge in [-0.15, -0.1) is 0 Å². The Bertz CT molecular complexity index is 507. The largest absolute Gasteiger partial charge is 1.00 e. The number of nitrogens with zero attached hydrogens (tertiary/aromatic N) is 1. The minimum Gasteiger partial charge on any atom is -1.00 e. The molecule has 0 saturated heterocycles. The molecule has 1 aromatic heterocycles. The van der Waals surface area contributed by atoms with Crippen LogP contribution in [0.5, 0.6) is 0 Å². The van der Waals surface area contributed by atoms with Gasteiger partial charge in [-0.3, -0.25) is 0 Å². The number of hydrogen-bond acceptors (Lipinski definition) is 7. The molecule has 116 valence electrons. The van der Waals surface area contributed by atoms with Gasteiger partial charge in [0, 0.05) is 33.4 Å². The molecule has 0 spiro atoms. The standard InChI is InChI=1S/C10H20N4O3S2Si.K.H/c1-7(20(15-2,16-3)17-4)5-6-11-8-12-9(18)14-10(19)13-8;;/h7H,5-6H2,1-4H3,(H3,11,12,13,14,18,19);;/q;+1;-1. The van der Waals surface area contributed by atoms with E-state index in [1.807, 2.05) is 6.92 Å². The summed E-state index contributed by atoms with van der Waals surface area (Å²) in [6.45, 7) is 2.71. The summed E-state index contributed by atoms with van der Waals surface area (Å²) in [6.07, 6.45) is 0.801. The molecule has 1 heterocycles. The normalized spacial score (nSPS) is 12.6. The maximum Gasteiger partial charge on any atom is 1.00 e. The van der Waals surface area contributed by atoms with Gasteiger partial charge in [0.25, 0.3) is 0 Å². The van der Waals surface area contributed by atoms with Crippen LogP contribution >= 0.6 is 24.4 Å². The van der Waals surface area contributed by atoms with Crippen LogP contribution in [0.25, 0.3) is 0 Å². The second-order valence-corrected chi connectivity index (χ2v) is 8.39. The van der Waals surface area contributed by atoms with E-state index in [0.29, 0.717) is 22.0 Å². The summed E-state index contributed by atoms with van der Waals surface area (Å²) in [5.41, 5.74) is 0.149. The molecule has 1 atom stereocenters. The Morgan fingerprint density at radius 2 is 1.81 bits per heavy atom. The quantitative estimate of drug-likeness (QED) is 0.412. The van der Waals surface area contributed by atoms with E-state index in [1.165, 1.54) is 0 Å². The van der Waals surface area contributed by atoms with Crippen LogP contribution in [0, 0.1) is 9.54 Å². The van der Waals surface area contributed by atoms with Crippen LogP contribution in [0.1, 0.15) is 14.8 Å². The molecule has 1 aromatic rings. The first kappa shape index (κ1) is 22.0. The minimum atomic E-state index is -2.60. The number of nitrogens with one attached hydrogen (secondary N) is 3. The van der Waals surface area contributed by atoms with Crippen molar-refractivity contribution in [3.8, 4) is 0 Å². The number of aromatic amines is 2. The van der Waals surface area contributed by atoms with E-state index in [2.05, 4.69) is 20.3 Å². The first-order valence-corrected chi connectivity index (χ1v) is 8.69. The van der Waals surface area contributed by atoms with E-state index < -0.39 is 8.80 Å². The predicted octanol–water partition coefficient (Wildman–Crippen LogP) is -0.617. The van der Waals surface area contributed by atoms with Crippen LogP contribution in [0.3, 0.4) is 0 Å². The molecule has 3 N–H and O–H groups in total. The van der Waals surface area contributed by atoms with E-state index in [4.69, 9.17) is 37.7 Å². The molecule has 0 amide bonds. The molecule has 1 rings (SSSR count). The van der Waals surface area contributed by atoms with Gasteiger partial charge in [0.05, 0.1) is 0 Å². The molecule has 1 unspecified atom stereocenters. The Hall–Kier alpha value is 0.983. The molecule has 0 aliphatic rings. The average Bonchev–Trinajstić information content (AvgIpc) is 2.40. The van der Waals surface area contributed by atoms with Crippen molar-refractivity contribution in [3.63, 3.8) is 0 Å². The van der Waals surface area contributed by atoms with E-state index in [0.717, 1.165) is 6.42 Å². The van der Waals surface area contributed by atoms with E-state index >= 15 is 0 Å². The Balaban J connectivity index is 0. The van der Waals surface area contributed by atoms with Crippen molar-refractivity contribution in [3.05, 3.63) is 9.54 Å². The summed E-state index contributed by atoms with van der Waals surface area (Å²) in [5, 5.41) is 3.14. The molecule has 0 aliphatic carbocycles. The predicted molar refractivity (Wildman–Crippen MR) is 85.0 cm³/mol.